The first-order valence-corrected chi connectivity index (χ1v) is 7.69. The third-order valence-electron chi connectivity index (χ3n) is 2.30. The van der Waals surface area contributed by atoms with E-state index in [0.29, 0.717) is 0 Å². The number of allylic oxidation sites excluding steroid dienone is 1. The van der Waals surface area contributed by atoms with Gasteiger partial charge in [-0.25, -0.2) is 0 Å². The highest BCUT2D eigenvalue weighted by Crippen LogP contribution is 2.54. The minimum Gasteiger partial charge on any atom is -0.392 e. The molecule has 0 saturated heterocycles. The number of hydrogen-bond donors (Lipinski definition) is 1. The van der Waals surface area contributed by atoms with Crippen LogP contribution in [0.4, 0.5) is 0 Å². The molecule has 0 aromatic carbocycles. The molecular weight excluding hydrogens is 271 g/mol. The third-order valence-corrected chi connectivity index (χ3v) is 4.40. The molecule has 1 N–H and O–H groups in total. The first-order valence-electron chi connectivity index (χ1n) is 5.96. The van der Waals surface area contributed by atoms with Crippen molar-refractivity contribution in [3.8, 4) is 0 Å². The standard InChI is InChI=1S/C12H25O6P/c1-11(2,15-5)17-19(14,10-8-7-9-13)18-12(3,4)16-6/h7-8,13H,9-10H2,1-6H3/b8-7+. The molecular formula is C12H25O6P. The minimum absolute atomic E-state index is 0.0210. The van der Waals surface area contributed by atoms with Gasteiger partial charge in [-0.3, -0.25) is 13.6 Å². The van der Waals surface area contributed by atoms with Gasteiger partial charge in [0.25, 0.3) is 0 Å². The van der Waals surface area contributed by atoms with E-state index in [9.17, 15) is 4.57 Å². The molecule has 0 rings (SSSR count). The van der Waals surface area contributed by atoms with Gasteiger partial charge in [0.15, 0.2) is 11.6 Å². The molecule has 0 bridgehead atoms. The van der Waals surface area contributed by atoms with Crippen LogP contribution in [0, 0.1) is 0 Å². The van der Waals surface area contributed by atoms with Crippen LogP contribution in [0.1, 0.15) is 27.7 Å². The van der Waals surface area contributed by atoms with Gasteiger partial charge in [-0.2, -0.15) is 0 Å². The van der Waals surface area contributed by atoms with Gasteiger partial charge in [-0.15, -0.1) is 0 Å². The fourth-order valence-corrected chi connectivity index (χ4v) is 3.20. The average Bonchev–Trinajstić information content (AvgIpc) is 2.28. The Labute approximate surface area is 115 Å². The number of aliphatic hydroxyl groups excluding tert-OH is 1. The predicted octanol–water partition coefficient (Wildman–Crippen LogP) is 2.53. The number of rotatable bonds is 9. The second kappa shape index (κ2) is 7.53. The maximum absolute atomic E-state index is 12.7. The van der Waals surface area contributed by atoms with Gasteiger partial charge in [0.1, 0.15) is 0 Å². The summed E-state index contributed by atoms with van der Waals surface area (Å²) in [4.78, 5) is 0. The zero-order valence-corrected chi connectivity index (χ0v) is 13.4. The lowest BCUT2D eigenvalue weighted by atomic mass is 10.4. The van der Waals surface area contributed by atoms with Crippen LogP contribution in [0.3, 0.4) is 0 Å². The highest BCUT2D eigenvalue weighted by Gasteiger charge is 2.37. The summed E-state index contributed by atoms with van der Waals surface area (Å²) in [5, 5.41) is 8.71. The molecule has 0 aliphatic carbocycles. The van der Waals surface area contributed by atoms with E-state index in [-0.39, 0.29) is 12.8 Å². The molecule has 0 fully saturated rings. The normalized spacial score (nSPS) is 14.3. The summed E-state index contributed by atoms with van der Waals surface area (Å²) in [6.45, 7) is 6.41. The molecule has 19 heavy (non-hydrogen) atoms. The molecule has 0 heterocycles. The van der Waals surface area contributed by atoms with E-state index in [1.165, 1.54) is 26.4 Å². The molecule has 6 nitrogen and oxygen atoms in total. The Kier molecular flexibility index (Phi) is 7.43. The maximum atomic E-state index is 12.7. The highest BCUT2D eigenvalue weighted by atomic mass is 31.2. The molecule has 0 amide bonds. The van der Waals surface area contributed by atoms with E-state index in [4.69, 9.17) is 23.6 Å². The van der Waals surface area contributed by atoms with Crippen LogP contribution in [0.15, 0.2) is 12.2 Å². The van der Waals surface area contributed by atoms with E-state index in [0.717, 1.165) is 0 Å². The summed E-state index contributed by atoms with van der Waals surface area (Å²) >= 11 is 0. The number of hydrogen-bond acceptors (Lipinski definition) is 6. The monoisotopic (exact) mass is 296 g/mol. The van der Waals surface area contributed by atoms with Crippen LogP contribution in [0.2, 0.25) is 0 Å². The molecule has 0 radical (unpaired) electrons. The number of methoxy groups -OCH3 is 2. The predicted molar refractivity (Wildman–Crippen MR) is 73.0 cm³/mol. The lowest BCUT2D eigenvalue weighted by Crippen LogP contribution is -2.31. The molecule has 0 aromatic heterocycles. The van der Waals surface area contributed by atoms with Gasteiger partial charge in [-0.05, 0) is 27.7 Å². The van der Waals surface area contributed by atoms with Gasteiger partial charge in [0, 0.05) is 14.2 Å². The molecule has 0 atom stereocenters. The van der Waals surface area contributed by atoms with Gasteiger partial charge < -0.3 is 14.6 Å². The molecule has 0 spiro atoms. The Morgan fingerprint density at radius 1 is 1.00 bits per heavy atom. The van der Waals surface area contributed by atoms with Crippen LogP contribution < -0.4 is 0 Å². The van der Waals surface area contributed by atoms with Crippen molar-refractivity contribution < 1.29 is 28.2 Å². The first kappa shape index (κ1) is 18.8. The van der Waals surface area contributed by atoms with Crippen molar-refractivity contribution in [3.05, 3.63) is 12.2 Å². The summed E-state index contributed by atoms with van der Waals surface area (Å²) in [5.74, 6) is -2.10. The van der Waals surface area contributed by atoms with Gasteiger partial charge in [0.05, 0.1) is 12.8 Å². The molecule has 0 aliphatic heterocycles. The summed E-state index contributed by atoms with van der Waals surface area (Å²) in [6, 6.07) is 0. The van der Waals surface area contributed by atoms with Crippen LogP contribution in [0.25, 0.3) is 0 Å². The lowest BCUT2D eigenvalue weighted by molar-refractivity contribution is -0.173. The van der Waals surface area contributed by atoms with Gasteiger partial charge >= 0.3 is 7.60 Å². The molecule has 0 saturated carbocycles. The zero-order valence-electron chi connectivity index (χ0n) is 12.5. The summed E-state index contributed by atoms with van der Waals surface area (Å²) in [7, 11) is -0.566. The number of aliphatic hydroxyl groups is 1. The molecule has 7 heteroatoms. The van der Waals surface area contributed by atoms with Crippen molar-refractivity contribution >= 4 is 7.60 Å². The Balaban J connectivity index is 5.02. The van der Waals surface area contributed by atoms with E-state index in [1.54, 1.807) is 27.7 Å². The zero-order chi connectivity index (χ0) is 15.2. The van der Waals surface area contributed by atoms with E-state index < -0.39 is 19.2 Å². The highest BCUT2D eigenvalue weighted by molar-refractivity contribution is 7.54. The fraction of sp³-hybridized carbons (Fsp3) is 0.833. The molecule has 0 aromatic rings. The quantitative estimate of drug-likeness (QED) is 0.400. The van der Waals surface area contributed by atoms with E-state index in [1.807, 2.05) is 0 Å². The summed E-state index contributed by atoms with van der Waals surface area (Å²) < 4.78 is 33.8. The average molecular weight is 296 g/mol. The number of ether oxygens (including phenoxy) is 2. The van der Waals surface area contributed by atoms with Crippen LogP contribution in [-0.2, 0) is 23.1 Å². The lowest BCUT2D eigenvalue weighted by Gasteiger charge is -2.33. The van der Waals surface area contributed by atoms with Crippen molar-refractivity contribution in [2.75, 3.05) is 27.0 Å². The van der Waals surface area contributed by atoms with Crippen molar-refractivity contribution in [2.24, 2.45) is 0 Å². The Morgan fingerprint density at radius 3 is 1.74 bits per heavy atom. The van der Waals surface area contributed by atoms with E-state index in [2.05, 4.69) is 0 Å². The van der Waals surface area contributed by atoms with Crippen molar-refractivity contribution in [1.82, 2.24) is 0 Å². The Morgan fingerprint density at radius 2 is 1.42 bits per heavy atom. The molecule has 0 unspecified atom stereocenters. The smallest absolute Gasteiger partial charge is 0.339 e. The topological polar surface area (TPSA) is 74.2 Å². The van der Waals surface area contributed by atoms with Crippen LogP contribution in [0.5, 0.6) is 0 Å². The van der Waals surface area contributed by atoms with Crippen LogP contribution >= 0.6 is 7.60 Å². The molecule has 114 valence electrons. The van der Waals surface area contributed by atoms with Gasteiger partial charge in [-0.1, -0.05) is 12.2 Å². The van der Waals surface area contributed by atoms with Crippen molar-refractivity contribution in [3.63, 3.8) is 0 Å². The summed E-state index contributed by atoms with van der Waals surface area (Å²) in [6.07, 6.45) is 3.03. The van der Waals surface area contributed by atoms with Gasteiger partial charge in [0.2, 0.25) is 0 Å². The van der Waals surface area contributed by atoms with Crippen molar-refractivity contribution in [2.45, 2.75) is 39.3 Å². The SMILES string of the molecule is COC(C)(C)OP(=O)(C/C=C/CO)OC(C)(C)OC. The summed E-state index contributed by atoms with van der Waals surface area (Å²) in [5.41, 5.74) is 0. The largest absolute Gasteiger partial charge is 0.392 e. The molecule has 0 aliphatic rings. The fourth-order valence-electron chi connectivity index (χ4n) is 1.12. The van der Waals surface area contributed by atoms with E-state index >= 15 is 0 Å². The van der Waals surface area contributed by atoms with Crippen LogP contribution in [-0.4, -0.2) is 43.7 Å². The maximum Gasteiger partial charge on any atom is 0.339 e. The first-order chi connectivity index (χ1) is 8.60. The Hall–Kier alpha value is -0.230. The minimum atomic E-state index is -3.47. The second-order valence-corrected chi connectivity index (χ2v) is 6.79. The Bertz CT molecular complexity index is 315. The second-order valence-electron chi connectivity index (χ2n) is 4.84. The third kappa shape index (κ3) is 7.82. The van der Waals surface area contributed by atoms with Crippen molar-refractivity contribution in [1.29, 1.82) is 0 Å².